The van der Waals surface area contributed by atoms with Crippen LogP contribution in [0.15, 0.2) is 0 Å². The van der Waals surface area contributed by atoms with Gasteiger partial charge in [0.25, 0.3) is 0 Å². The fourth-order valence-electron chi connectivity index (χ4n) is 5.01. The first-order chi connectivity index (χ1) is 14.2. The van der Waals surface area contributed by atoms with E-state index in [1.54, 1.807) is 0 Å². The third-order valence-electron chi connectivity index (χ3n) is 6.64. The zero-order valence-corrected chi connectivity index (χ0v) is 23.4. The first-order valence-electron chi connectivity index (χ1n) is 14.2. The summed E-state index contributed by atoms with van der Waals surface area (Å²) in [6.45, 7) is 23.6. The molecule has 0 nitrogen and oxygen atoms in total. The molecule has 0 unspecified atom stereocenters. The van der Waals surface area contributed by atoms with Crippen LogP contribution in [0.3, 0.4) is 0 Å². The van der Waals surface area contributed by atoms with Crippen LogP contribution >= 0.6 is 0 Å². The van der Waals surface area contributed by atoms with Gasteiger partial charge < -0.3 is 0 Å². The molecule has 0 radical (unpaired) electrons. The topological polar surface area (TPSA) is 0 Å². The lowest BCUT2D eigenvalue weighted by molar-refractivity contribution is 0.120. The third kappa shape index (κ3) is 23.0. The summed E-state index contributed by atoms with van der Waals surface area (Å²) >= 11 is 0. The van der Waals surface area contributed by atoms with Crippen LogP contribution in [0.2, 0.25) is 0 Å². The van der Waals surface area contributed by atoms with E-state index in [0.717, 1.165) is 23.7 Å². The lowest BCUT2D eigenvalue weighted by Gasteiger charge is -2.38. The van der Waals surface area contributed by atoms with Crippen molar-refractivity contribution in [2.45, 2.75) is 173 Å². The Morgan fingerprint density at radius 2 is 0.839 bits per heavy atom. The molecule has 0 spiro atoms. The molecule has 0 aliphatic rings. The molecule has 31 heavy (non-hydrogen) atoms. The van der Waals surface area contributed by atoms with E-state index in [0.29, 0.717) is 5.41 Å². The molecular weight excluding hydrogens is 372 g/mol. The lowest BCUT2D eigenvalue weighted by atomic mass is 9.67. The Bertz CT molecular complexity index is 285. The summed E-state index contributed by atoms with van der Waals surface area (Å²) in [5.74, 6) is 3.81. The SMILES string of the molecule is C.CCCC(C)C.CCCCC(CCCC)C(CC(C)(C)C)C(CCCC)CCCC. The molecule has 0 aromatic heterocycles. The molecule has 0 aromatic carbocycles. The van der Waals surface area contributed by atoms with Gasteiger partial charge in [0.05, 0.1) is 0 Å². The van der Waals surface area contributed by atoms with Gasteiger partial charge in [-0.1, -0.05) is 167 Å². The summed E-state index contributed by atoms with van der Waals surface area (Å²) in [5.41, 5.74) is 0.470. The van der Waals surface area contributed by atoms with Crippen molar-refractivity contribution in [3.05, 3.63) is 0 Å². The van der Waals surface area contributed by atoms with Crippen molar-refractivity contribution in [2.24, 2.45) is 29.1 Å². The Morgan fingerprint density at radius 1 is 0.516 bits per heavy atom. The smallest absolute Gasteiger partial charge is 0.0352 e. The Labute approximate surface area is 202 Å². The number of rotatable bonds is 17. The molecule has 0 saturated heterocycles. The Balaban J connectivity index is -0.000000976. The van der Waals surface area contributed by atoms with Crippen molar-refractivity contribution in [2.75, 3.05) is 0 Å². The highest BCUT2D eigenvalue weighted by molar-refractivity contribution is 4.82. The minimum Gasteiger partial charge on any atom is -0.0776 e. The van der Waals surface area contributed by atoms with E-state index in [4.69, 9.17) is 0 Å². The highest BCUT2D eigenvalue weighted by Gasteiger charge is 2.31. The summed E-state index contributed by atoms with van der Waals surface area (Å²) in [5, 5.41) is 0. The van der Waals surface area contributed by atoms with Crippen LogP contribution in [0.25, 0.3) is 0 Å². The van der Waals surface area contributed by atoms with Gasteiger partial charge in [-0.3, -0.25) is 0 Å². The van der Waals surface area contributed by atoms with E-state index in [1.807, 2.05) is 0 Å². The quantitative estimate of drug-likeness (QED) is 0.211. The van der Waals surface area contributed by atoms with Crippen LogP contribution in [0, 0.1) is 29.1 Å². The minimum atomic E-state index is 0. The van der Waals surface area contributed by atoms with Crippen LogP contribution in [0.1, 0.15) is 173 Å². The number of unbranched alkanes of at least 4 members (excludes halogenated alkanes) is 4. The molecule has 192 valence electrons. The van der Waals surface area contributed by atoms with Gasteiger partial charge in [0.2, 0.25) is 0 Å². The molecule has 0 aliphatic heterocycles. The maximum Gasteiger partial charge on any atom is -0.0352 e. The monoisotopic (exact) mass is 441 g/mol. The second-order valence-electron chi connectivity index (χ2n) is 11.7. The highest BCUT2D eigenvalue weighted by atomic mass is 14.4. The molecule has 0 amide bonds. The Hall–Kier alpha value is 0. The molecule has 0 N–H and O–H groups in total. The van der Waals surface area contributed by atoms with Crippen molar-refractivity contribution in [3.63, 3.8) is 0 Å². The number of hydrogen-bond donors (Lipinski definition) is 0. The molecule has 0 bridgehead atoms. The van der Waals surface area contributed by atoms with E-state index in [2.05, 4.69) is 69.2 Å². The van der Waals surface area contributed by atoms with Gasteiger partial charge >= 0.3 is 0 Å². The summed E-state index contributed by atoms with van der Waals surface area (Å²) in [4.78, 5) is 0. The molecule has 0 saturated carbocycles. The van der Waals surface area contributed by atoms with Crippen LogP contribution < -0.4 is 0 Å². The Morgan fingerprint density at radius 3 is 1.00 bits per heavy atom. The van der Waals surface area contributed by atoms with Gasteiger partial charge in [-0.15, -0.1) is 0 Å². The third-order valence-corrected chi connectivity index (χ3v) is 6.64. The fraction of sp³-hybridized carbons (Fsp3) is 1.00. The van der Waals surface area contributed by atoms with Crippen LogP contribution in [0.5, 0.6) is 0 Å². The molecule has 0 aliphatic carbocycles. The maximum atomic E-state index is 2.47. The van der Waals surface area contributed by atoms with E-state index >= 15 is 0 Å². The summed E-state index contributed by atoms with van der Waals surface area (Å²) in [7, 11) is 0. The highest BCUT2D eigenvalue weighted by Crippen LogP contribution is 2.42. The first-order valence-corrected chi connectivity index (χ1v) is 14.2. The van der Waals surface area contributed by atoms with E-state index < -0.39 is 0 Å². The van der Waals surface area contributed by atoms with Gasteiger partial charge in [-0.05, 0) is 35.5 Å². The van der Waals surface area contributed by atoms with Gasteiger partial charge in [0.1, 0.15) is 0 Å². The molecule has 0 heteroatoms. The summed E-state index contributed by atoms with van der Waals surface area (Å²) < 4.78 is 0. The summed E-state index contributed by atoms with van der Waals surface area (Å²) in [6, 6.07) is 0. The standard InChI is InChI=1S/C24H50.C6H14.CH4/c1-8-12-16-21(17-13-9-2)23(20-24(5,6)7)22(18-14-10-3)19-15-11-4;1-4-5-6(2)3;/h21-23H,8-20H2,1-7H3;6H,4-5H2,1-3H3;1H4. The molecule has 0 fully saturated rings. The molecular formula is C31H68. The zero-order chi connectivity index (χ0) is 23.4. The Kier molecular flexibility index (Phi) is 26.6. The van der Waals surface area contributed by atoms with Gasteiger partial charge in [0.15, 0.2) is 0 Å². The van der Waals surface area contributed by atoms with Crippen molar-refractivity contribution in [1.82, 2.24) is 0 Å². The van der Waals surface area contributed by atoms with Crippen LogP contribution in [0.4, 0.5) is 0 Å². The average Bonchev–Trinajstić information content (AvgIpc) is 2.66. The van der Waals surface area contributed by atoms with Gasteiger partial charge in [0, 0.05) is 0 Å². The second-order valence-corrected chi connectivity index (χ2v) is 11.7. The second kappa shape index (κ2) is 23.2. The lowest BCUT2D eigenvalue weighted by Crippen LogP contribution is -2.29. The predicted octanol–water partition coefficient (Wildman–Crippen LogP) is 12.1. The van der Waals surface area contributed by atoms with E-state index in [9.17, 15) is 0 Å². The summed E-state index contributed by atoms with van der Waals surface area (Å²) in [6.07, 6.45) is 21.2. The largest absolute Gasteiger partial charge is 0.0776 e. The maximum absolute atomic E-state index is 2.47. The van der Waals surface area contributed by atoms with Crippen LogP contribution in [-0.2, 0) is 0 Å². The molecule has 0 rings (SSSR count). The van der Waals surface area contributed by atoms with Crippen molar-refractivity contribution >= 4 is 0 Å². The van der Waals surface area contributed by atoms with Gasteiger partial charge in [-0.25, -0.2) is 0 Å². The van der Waals surface area contributed by atoms with Crippen molar-refractivity contribution in [3.8, 4) is 0 Å². The van der Waals surface area contributed by atoms with E-state index in [-0.39, 0.29) is 7.43 Å². The molecule has 0 heterocycles. The van der Waals surface area contributed by atoms with Crippen molar-refractivity contribution < 1.29 is 0 Å². The van der Waals surface area contributed by atoms with Crippen molar-refractivity contribution in [1.29, 1.82) is 0 Å². The predicted molar refractivity (Wildman–Crippen MR) is 149 cm³/mol. The average molecular weight is 441 g/mol. The molecule has 0 atom stereocenters. The first kappa shape index (κ1) is 35.6. The zero-order valence-electron chi connectivity index (χ0n) is 23.4. The fourth-order valence-corrected chi connectivity index (χ4v) is 5.01. The normalized spacial score (nSPS) is 11.8. The van der Waals surface area contributed by atoms with Crippen LogP contribution in [-0.4, -0.2) is 0 Å². The minimum absolute atomic E-state index is 0. The molecule has 0 aromatic rings. The van der Waals surface area contributed by atoms with E-state index in [1.165, 1.54) is 96.3 Å². The number of hydrogen-bond acceptors (Lipinski definition) is 0. The van der Waals surface area contributed by atoms with Gasteiger partial charge in [-0.2, -0.15) is 0 Å².